The fourth-order valence-electron chi connectivity index (χ4n) is 2.57. The van der Waals surface area contributed by atoms with Crippen molar-refractivity contribution in [1.82, 2.24) is 15.5 Å². The van der Waals surface area contributed by atoms with Crippen molar-refractivity contribution in [3.8, 4) is 0 Å². The van der Waals surface area contributed by atoms with E-state index in [2.05, 4.69) is 17.6 Å². The fourth-order valence-corrected chi connectivity index (χ4v) is 2.57. The van der Waals surface area contributed by atoms with Gasteiger partial charge in [-0.3, -0.25) is 9.59 Å². The highest BCUT2D eigenvalue weighted by Crippen LogP contribution is 2.16. The minimum absolute atomic E-state index is 0.000308. The van der Waals surface area contributed by atoms with Crippen LogP contribution in [0.2, 0.25) is 0 Å². The number of hydrogen-bond acceptors (Lipinski definition) is 3. The minimum atomic E-state index is -0.433. The number of amides is 2. The van der Waals surface area contributed by atoms with Gasteiger partial charge in [0, 0.05) is 25.0 Å². The number of carbonyl (C=O) groups is 2. The summed E-state index contributed by atoms with van der Waals surface area (Å²) in [6.45, 7) is 9.99. The molecular formula is C14H27N3O2. The van der Waals surface area contributed by atoms with Crippen molar-refractivity contribution in [2.24, 2.45) is 5.92 Å². The van der Waals surface area contributed by atoms with Crippen LogP contribution in [0.25, 0.3) is 0 Å². The van der Waals surface area contributed by atoms with Gasteiger partial charge in [-0.25, -0.2) is 0 Å². The molecule has 19 heavy (non-hydrogen) atoms. The highest BCUT2D eigenvalue weighted by atomic mass is 16.2. The zero-order valence-electron chi connectivity index (χ0n) is 12.5. The van der Waals surface area contributed by atoms with Crippen LogP contribution in [-0.2, 0) is 9.59 Å². The molecule has 3 unspecified atom stereocenters. The highest BCUT2D eigenvalue weighted by molar-refractivity contribution is 5.88. The quantitative estimate of drug-likeness (QED) is 0.774. The summed E-state index contributed by atoms with van der Waals surface area (Å²) in [5.74, 6) is 0.0462. The Kier molecular flexibility index (Phi) is 6.28. The van der Waals surface area contributed by atoms with Gasteiger partial charge < -0.3 is 15.5 Å². The molecule has 0 bridgehead atoms. The van der Waals surface area contributed by atoms with Crippen molar-refractivity contribution in [3.63, 3.8) is 0 Å². The average Bonchev–Trinajstić information content (AvgIpc) is 2.39. The van der Waals surface area contributed by atoms with E-state index in [1.807, 2.05) is 13.8 Å². The summed E-state index contributed by atoms with van der Waals surface area (Å²) in [4.78, 5) is 26.0. The van der Waals surface area contributed by atoms with Crippen LogP contribution in [0.5, 0.6) is 0 Å². The molecule has 2 N–H and O–H groups in total. The molecule has 1 heterocycles. The number of nitrogens with zero attached hydrogens (tertiary/aromatic N) is 1. The molecule has 1 aliphatic heterocycles. The van der Waals surface area contributed by atoms with Crippen molar-refractivity contribution in [2.45, 2.75) is 52.6 Å². The summed E-state index contributed by atoms with van der Waals surface area (Å²) < 4.78 is 0. The Morgan fingerprint density at radius 2 is 2.00 bits per heavy atom. The largest absolute Gasteiger partial charge is 0.344 e. The van der Waals surface area contributed by atoms with Crippen LogP contribution in [0.3, 0.4) is 0 Å². The smallest absolute Gasteiger partial charge is 0.244 e. The lowest BCUT2D eigenvalue weighted by Gasteiger charge is -2.29. The van der Waals surface area contributed by atoms with Crippen LogP contribution in [-0.4, -0.2) is 48.4 Å². The summed E-state index contributed by atoms with van der Waals surface area (Å²) in [5.41, 5.74) is 0. The number of rotatable bonds is 5. The minimum Gasteiger partial charge on any atom is -0.344 e. The molecule has 0 aliphatic carbocycles. The maximum absolute atomic E-state index is 12.1. The summed E-state index contributed by atoms with van der Waals surface area (Å²) in [6.07, 6.45) is 1.69. The van der Waals surface area contributed by atoms with Gasteiger partial charge in [-0.2, -0.15) is 0 Å². The lowest BCUT2D eigenvalue weighted by atomic mass is 9.92. The zero-order chi connectivity index (χ0) is 14.4. The van der Waals surface area contributed by atoms with E-state index in [1.54, 1.807) is 11.8 Å². The number of piperidine rings is 1. The molecule has 2 amide bonds. The van der Waals surface area contributed by atoms with E-state index in [0.717, 1.165) is 19.4 Å². The second-order valence-electron chi connectivity index (χ2n) is 5.32. The molecule has 1 aliphatic rings. The maximum Gasteiger partial charge on any atom is 0.244 e. The Morgan fingerprint density at radius 1 is 1.37 bits per heavy atom. The maximum atomic E-state index is 12.1. The number of carbonyl (C=O) groups excluding carboxylic acids is 2. The molecule has 3 atom stereocenters. The summed E-state index contributed by atoms with van der Waals surface area (Å²) in [7, 11) is 0. The molecule has 0 aromatic rings. The SMILES string of the molecule is CCN(CC)C(=O)C(C)NC(=O)C1CCNC(C)C1. The monoisotopic (exact) mass is 269 g/mol. The second kappa shape index (κ2) is 7.48. The van der Waals surface area contributed by atoms with Gasteiger partial charge in [0.2, 0.25) is 11.8 Å². The van der Waals surface area contributed by atoms with E-state index in [0.29, 0.717) is 19.1 Å². The molecule has 0 aromatic carbocycles. The lowest BCUT2D eigenvalue weighted by Crippen LogP contribution is -2.50. The van der Waals surface area contributed by atoms with Crippen LogP contribution >= 0.6 is 0 Å². The van der Waals surface area contributed by atoms with Gasteiger partial charge in [-0.05, 0) is 47.1 Å². The van der Waals surface area contributed by atoms with E-state index >= 15 is 0 Å². The fraction of sp³-hybridized carbons (Fsp3) is 0.857. The van der Waals surface area contributed by atoms with Gasteiger partial charge in [-0.1, -0.05) is 0 Å². The van der Waals surface area contributed by atoms with Gasteiger partial charge in [0.1, 0.15) is 6.04 Å². The number of nitrogens with one attached hydrogen (secondary N) is 2. The van der Waals surface area contributed by atoms with Crippen LogP contribution in [0, 0.1) is 5.92 Å². The lowest BCUT2D eigenvalue weighted by molar-refractivity contribution is -0.137. The summed E-state index contributed by atoms with van der Waals surface area (Å²) in [6, 6.07) is -0.0594. The predicted molar refractivity (Wildman–Crippen MR) is 75.7 cm³/mol. The van der Waals surface area contributed by atoms with Gasteiger partial charge >= 0.3 is 0 Å². The predicted octanol–water partition coefficient (Wildman–Crippen LogP) is 0.748. The van der Waals surface area contributed by atoms with Crippen molar-refractivity contribution in [1.29, 1.82) is 0 Å². The molecule has 5 heteroatoms. The number of likely N-dealkylation sites (N-methyl/N-ethyl adjacent to an activating group) is 1. The molecule has 0 radical (unpaired) electrons. The van der Waals surface area contributed by atoms with E-state index in [1.165, 1.54) is 0 Å². The second-order valence-corrected chi connectivity index (χ2v) is 5.32. The van der Waals surface area contributed by atoms with Crippen molar-refractivity contribution >= 4 is 11.8 Å². The van der Waals surface area contributed by atoms with Crippen LogP contribution in [0.15, 0.2) is 0 Å². The Hall–Kier alpha value is -1.10. The van der Waals surface area contributed by atoms with Gasteiger partial charge in [0.15, 0.2) is 0 Å². The molecule has 0 saturated carbocycles. The van der Waals surface area contributed by atoms with E-state index in [4.69, 9.17) is 0 Å². The molecule has 0 aromatic heterocycles. The van der Waals surface area contributed by atoms with Crippen LogP contribution < -0.4 is 10.6 Å². The first kappa shape index (κ1) is 16.0. The normalized spacial score (nSPS) is 24.6. The third-order valence-corrected chi connectivity index (χ3v) is 3.80. The zero-order valence-corrected chi connectivity index (χ0v) is 12.5. The molecule has 5 nitrogen and oxygen atoms in total. The number of hydrogen-bond donors (Lipinski definition) is 2. The molecule has 1 saturated heterocycles. The van der Waals surface area contributed by atoms with E-state index in [9.17, 15) is 9.59 Å². The first-order chi connectivity index (χ1) is 8.99. The Bertz CT molecular complexity index is 316. The van der Waals surface area contributed by atoms with Gasteiger partial charge in [-0.15, -0.1) is 0 Å². The standard InChI is InChI=1S/C14H27N3O2/c1-5-17(6-2)14(19)11(4)16-13(18)12-7-8-15-10(3)9-12/h10-12,15H,5-9H2,1-4H3,(H,16,18). The average molecular weight is 269 g/mol. The van der Waals surface area contributed by atoms with Crippen molar-refractivity contribution in [3.05, 3.63) is 0 Å². The third kappa shape index (κ3) is 4.49. The molecule has 1 rings (SSSR count). The van der Waals surface area contributed by atoms with E-state index < -0.39 is 6.04 Å². The Balaban J connectivity index is 2.49. The first-order valence-electron chi connectivity index (χ1n) is 7.32. The van der Waals surface area contributed by atoms with E-state index in [-0.39, 0.29) is 17.7 Å². The summed E-state index contributed by atoms with van der Waals surface area (Å²) >= 11 is 0. The van der Waals surface area contributed by atoms with Gasteiger partial charge in [0.05, 0.1) is 0 Å². The Labute approximate surface area is 116 Å². The van der Waals surface area contributed by atoms with Crippen LogP contribution in [0.4, 0.5) is 0 Å². The highest BCUT2D eigenvalue weighted by Gasteiger charge is 2.27. The third-order valence-electron chi connectivity index (χ3n) is 3.80. The Morgan fingerprint density at radius 3 is 2.53 bits per heavy atom. The van der Waals surface area contributed by atoms with Crippen molar-refractivity contribution < 1.29 is 9.59 Å². The molecule has 110 valence electrons. The molecular weight excluding hydrogens is 242 g/mol. The first-order valence-corrected chi connectivity index (χ1v) is 7.32. The van der Waals surface area contributed by atoms with Crippen LogP contribution in [0.1, 0.15) is 40.5 Å². The molecule has 0 spiro atoms. The molecule has 1 fully saturated rings. The topological polar surface area (TPSA) is 61.4 Å². The summed E-state index contributed by atoms with van der Waals surface area (Å²) in [5, 5.41) is 6.19. The van der Waals surface area contributed by atoms with Gasteiger partial charge in [0.25, 0.3) is 0 Å². The van der Waals surface area contributed by atoms with Crippen molar-refractivity contribution in [2.75, 3.05) is 19.6 Å².